The van der Waals surface area contributed by atoms with Crippen LogP contribution < -0.4 is 0 Å². The Morgan fingerprint density at radius 3 is 2.45 bits per heavy atom. The maximum Gasteiger partial charge on any atom is 0.0189 e. The van der Waals surface area contributed by atoms with Gasteiger partial charge in [0.1, 0.15) is 0 Å². The fraction of sp³-hybridized carbons (Fsp3) is 0.800. The van der Waals surface area contributed by atoms with Gasteiger partial charge in [-0.25, -0.2) is 0 Å². The van der Waals surface area contributed by atoms with Crippen LogP contribution in [0.4, 0.5) is 0 Å². The fourth-order valence-electron chi connectivity index (χ4n) is 1.89. The first-order valence-electron chi connectivity index (χ1n) is 4.48. The van der Waals surface area contributed by atoms with E-state index < -0.39 is 0 Å². The van der Waals surface area contributed by atoms with Gasteiger partial charge in [-0.3, -0.25) is 0 Å². The Hall–Kier alpha value is -0.300. The number of hydrogen-bond donors (Lipinski definition) is 0. The number of likely N-dealkylation sites (N-methyl/N-ethyl adjacent to an activating group) is 1. The van der Waals surface area contributed by atoms with E-state index >= 15 is 0 Å². The molecular weight excluding hydrogens is 134 g/mol. The first-order chi connectivity index (χ1) is 5.11. The number of nitrogens with zero attached hydrogens (tertiary/aromatic N) is 1. The zero-order valence-electron chi connectivity index (χ0n) is 8.15. The van der Waals surface area contributed by atoms with Crippen molar-refractivity contribution < 1.29 is 0 Å². The van der Waals surface area contributed by atoms with Gasteiger partial charge in [-0.05, 0) is 26.3 Å². The summed E-state index contributed by atoms with van der Waals surface area (Å²) in [5, 5.41) is 0. The molecule has 1 rings (SSSR count). The number of hydrogen-bond acceptors (Lipinski definition) is 1. The Morgan fingerprint density at radius 1 is 1.36 bits per heavy atom. The minimum atomic E-state index is 0.753. The van der Waals surface area contributed by atoms with Gasteiger partial charge in [-0.1, -0.05) is 25.0 Å². The molecule has 0 radical (unpaired) electrons. The minimum Gasteiger partial charge on any atom is -0.302 e. The molecule has 0 saturated carbocycles. The lowest BCUT2D eigenvalue weighted by Gasteiger charge is -2.28. The summed E-state index contributed by atoms with van der Waals surface area (Å²) in [4.78, 5) is 2.39. The molecular formula is C10H19N. The van der Waals surface area contributed by atoms with Crippen molar-refractivity contribution in [2.45, 2.75) is 27.2 Å². The fourth-order valence-corrected chi connectivity index (χ4v) is 1.89. The van der Waals surface area contributed by atoms with Gasteiger partial charge in [0, 0.05) is 13.1 Å². The van der Waals surface area contributed by atoms with Crippen LogP contribution in [0.3, 0.4) is 0 Å². The third-order valence-electron chi connectivity index (χ3n) is 2.52. The van der Waals surface area contributed by atoms with E-state index in [1.165, 1.54) is 19.5 Å². The monoisotopic (exact) mass is 153 g/mol. The van der Waals surface area contributed by atoms with Crippen LogP contribution in [0.5, 0.6) is 0 Å². The SMILES string of the molecule is CC1=C(C(C)C)CCN(C)C1. The quantitative estimate of drug-likeness (QED) is 0.522. The van der Waals surface area contributed by atoms with E-state index in [9.17, 15) is 0 Å². The maximum absolute atomic E-state index is 2.39. The molecule has 1 nitrogen and oxygen atoms in total. The molecule has 0 aromatic rings. The van der Waals surface area contributed by atoms with E-state index in [2.05, 4.69) is 32.7 Å². The van der Waals surface area contributed by atoms with Crippen molar-refractivity contribution in [3.8, 4) is 0 Å². The molecule has 0 aromatic heterocycles. The van der Waals surface area contributed by atoms with Crippen molar-refractivity contribution in [2.75, 3.05) is 20.1 Å². The summed E-state index contributed by atoms with van der Waals surface area (Å²) in [5.74, 6) is 0.753. The van der Waals surface area contributed by atoms with Gasteiger partial charge < -0.3 is 4.90 Å². The third-order valence-corrected chi connectivity index (χ3v) is 2.52. The van der Waals surface area contributed by atoms with Gasteiger partial charge in [-0.15, -0.1) is 0 Å². The van der Waals surface area contributed by atoms with Gasteiger partial charge in [0.25, 0.3) is 0 Å². The van der Waals surface area contributed by atoms with Gasteiger partial charge in [0.05, 0.1) is 0 Å². The summed E-state index contributed by atoms with van der Waals surface area (Å²) in [6.45, 7) is 9.28. The molecule has 1 aliphatic rings. The molecule has 0 N–H and O–H groups in total. The Bertz CT molecular complexity index is 168. The highest BCUT2D eigenvalue weighted by Crippen LogP contribution is 2.22. The topological polar surface area (TPSA) is 3.24 Å². The average Bonchev–Trinajstić information content (AvgIpc) is 1.85. The molecule has 1 heterocycles. The lowest BCUT2D eigenvalue weighted by Crippen LogP contribution is -2.28. The summed E-state index contributed by atoms with van der Waals surface area (Å²) < 4.78 is 0. The lowest BCUT2D eigenvalue weighted by atomic mass is 9.92. The summed E-state index contributed by atoms with van der Waals surface area (Å²) in [5.41, 5.74) is 3.27. The Kier molecular flexibility index (Phi) is 2.72. The molecule has 0 bridgehead atoms. The highest BCUT2D eigenvalue weighted by Gasteiger charge is 2.14. The Labute approximate surface area is 70.1 Å². The van der Waals surface area contributed by atoms with E-state index in [0.717, 1.165) is 5.92 Å². The van der Waals surface area contributed by atoms with E-state index in [1.807, 2.05) is 0 Å². The smallest absolute Gasteiger partial charge is 0.0189 e. The van der Waals surface area contributed by atoms with Crippen molar-refractivity contribution in [2.24, 2.45) is 5.92 Å². The van der Waals surface area contributed by atoms with E-state index in [1.54, 1.807) is 11.1 Å². The molecule has 64 valence electrons. The van der Waals surface area contributed by atoms with Gasteiger partial charge >= 0.3 is 0 Å². The number of rotatable bonds is 1. The molecule has 0 fully saturated rings. The minimum absolute atomic E-state index is 0.753. The molecule has 0 atom stereocenters. The molecule has 1 aliphatic heterocycles. The van der Waals surface area contributed by atoms with Crippen LogP contribution in [0.2, 0.25) is 0 Å². The second-order valence-electron chi connectivity index (χ2n) is 3.95. The van der Waals surface area contributed by atoms with Crippen LogP contribution in [0.15, 0.2) is 11.1 Å². The largest absolute Gasteiger partial charge is 0.302 e. The second kappa shape index (κ2) is 3.40. The lowest BCUT2D eigenvalue weighted by molar-refractivity contribution is 0.339. The van der Waals surface area contributed by atoms with Crippen LogP contribution in [0.25, 0.3) is 0 Å². The van der Waals surface area contributed by atoms with Crippen molar-refractivity contribution in [1.82, 2.24) is 4.90 Å². The van der Waals surface area contributed by atoms with Crippen molar-refractivity contribution in [3.05, 3.63) is 11.1 Å². The Morgan fingerprint density at radius 2 is 2.00 bits per heavy atom. The van der Waals surface area contributed by atoms with Gasteiger partial charge in [0.2, 0.25) is 0 Å². The zero-order valence-corrected chi connectivity index (χ0v) is 8.15. The first kappa shape index (κ1) is 8.79. The van der Waals surface area contributed by atoms with Crippen LogP contribution in [-0.2, 0) is 0 Å². The molecule has 0 amide bonds. The van der Waals surface area contributed by atoms with Crippen LogP contribution in [-0.4, -0.2) is 25.0 Å². The third kappa shape index (κ3) is 2.06. The van der Waals surface area contributed by atoms with Crippen LogP contribution in [0.1, 0.15) is 27.2 Å². The predicted molar refractivity (Wildman–Crippen MR) is 49.7 cm³/mol. The van der Waals surface area contributed by atoms with Crippen LogP contribution in [0, 0.1) is 5.92 Å². The molecule has 0 unspecified atom stereocenters. The van der Waals surface area contributed by atoms with E-state index in [4.69, 9.17) is 0 Å². The van der Waals surface area contributed by atoms with Gasteiger partial charge in [0.15, 0.2) is 0 Å². The standard InChI is InChI=1S/C10H19N/c1-8(2)10-5-6-11(4)7-9(10)3/h8H,5-7H2,1-4H3. The zero-order chi connectivity index (χ0) is 8.43. The summed E-state index contributed by atoms with van der Waals surface area (Å²) in [6.07, 6.45) is 1.28. The summed E-state index contributed by atoms with van der Waals surface area (Å²) >= 11 is 0. The Balaban J connectivity index is 2.70. The van der Waals surface area contributed by atoms with Crippen molar-refractivity contribution in [1.29, 1.82) is 0 Å². The molecule has 0 spiro atoms. The summed E-state index contributed by atoms with van der Waals surface area (Å²) in [7, 11) is 2.20. The molecule has 0 aromatic carbocycles. The normalized spacial score (nSPS) is 21.5. The van der Waals surface area contributed by atoms with Crippen molar-refractivity contribution in [3.63, 3.8) is 0 Å². The van der Waals surface area contributed by atoms with Gasteiger partial charge in [-0.2, -0.15) is 0 Å². The highest BCUT2D eigenvalue weighted by atomic mass is 15.1. The first-order valence-corrected chi connectivity index (χ1v) is 4.48. The second-order valence-corrected chi connectivity index (χ2v) is 3.95. The summed E-state index contributed by atoms with van der Waals surface area (Å²) in [6, 6.07) is 0. The maximum atomic E-state index is 2.39. The van der Waals surface area contributed by atoms with E-state index in [0.29, 0.717) is 0 Å². The molecule has 1 heteroatoms. The molecule has 11 heavy (non-hydrogen) atoms. The van der Waals surface area contributed by atoms with E-state index in [-0.39, 0.29) is 0 Å². The van der Waals surface area contributed by atoms with Crippen molar-refractivity contribution >= 4 is 0 Å². The molecule has 0 aliphatic carbocycles. The average molecular weight is 153 g/mol. The predicted octanol–water partition coefficient (Wildman–Crippen LogP) is 2.29. The highest BCUT2D eigenvalue weighted by molar-refractivity contribution is 5.18. The molecule has 0 saturated heterocycles. The van der Waals surface area contributed by atoms with Crippen LogP contribution >= 0.6 is 0 Å².